The van der Waals surface area contributed by atoms with Gasteiger partial charge in [0.25, 0.3) is 0 Å². The Kier molecular flexibility index (Phi) is 4.30. The molecule has 7 heteroatoms. The van der Waals surface area contributed by atoms with Crippen LogP contribution in [0, 0.1) is 6.92 Å². The minimum atomic E-state index is -4.76. The van der Waals surface area contributed by atoms with Gasteiger partial charge in [0, 0.05) is 0 Å². The van der Waals surface area contributed by atoms with E-state index in [0.717, 1.165) is 12.7 Å². The Labute approximate surface area is 101 Å². The van der Waals surface area contributed by atoms with Gasteiger partial charge in [0.05, 0.1) is 12.8 Å². The van der Waals surface area contributed by atoms with E-state index in [-0.39, 0.29) is 5.69 Å². The van der Waals surface area contributed by atoms with Crippen LogP contribution in [0.1, 0.15) is 5.56 Å². The topological polar surface area (TPSA) is 50.7 Å². The molecule has 1 aromatic rings. The lowest BCUT2D eigenvalue weighted by Crippen LogP contribution is -2.40. The minimum absolute atomic E-state index is 0.0873. The van der Waals surface area contributed by atoms with Crippen LogP contribution in [-0.4, -0.2) is 25.2 Å². The number of benzene rings is 1. The predicted octanol–water partition coefficient (Wildman–Crippen LogP) is 2.94. The van der Waals surface area contributed by atoms with Gasteiger partial charge in [0.1, 0.15) is 0 Å². The highest BCUT2D eigenvalue weighted by Crippen LogP contribution is 2.20. The number of alkyl halides is 3. The summed E-state index contributed by atoms with van der Waals surface area (Å²) in [5.41, 5.74) is 0.979. The Balaban J connectivity index is 3.02. The van der Waals surface area contributed by atoms with Crippen LogP contribution < -0.4 is 5.32 Å². The van der Waals surface area contributed by atoms with E-state index in [1.54, 1.807) is 19.1 Å². The zero-order valence-electron chi connectivity index (χ0n) is 9.71. The van der Waals surface area contributed by atoms with Crippen molar-refractivity contribution < 1.29 is 22.7 Å². The molecule has 0 radical (unpaired) electrons. The van der Waals surface area contributed by atoms with Crippen LogP contribution in [0.3, 0.4) is 0 Å². The Morgan fingerprint density at radius 1 is 1.28 bits per heavy atom. The number of carbonyl (C=O) groups is 1. The summed E-state index contributed by atoms with van der Waals surface area (Å²) in [6.07, 6.45) is -5.99. The van der Waals surface area contributed by atoms with Crippen molar-refractivity contribution in [2.24, 2.45) is 4.99 Å². The number of hydrogen-bond donors (Lipinski definition) is 1. The molecule has 0 saturated heterocycles. The van der Waals surface area contributed by atoms with Gasteiger partial charge in [-0.05, 0) is 19.1 Å². The summed E-state index contributed by atoms with van der Waals surface area (Å²) in [5, 5.41) is 1.53. The van der Waals surface area contributed by atoms with E-state index in [4.69, 9.17) is 0 Å². The van der Waals surface area contributed by atoms with E-state index in [0.29, 0.717) is 0 Å². The largest absolute Gasteiger partial charge is 0.453 e. The molecule has 0 aliphatic rings. The van der Waals surface area contributed by atoms with E-state index in [9.17, 15) is 18.0 Å². The number of rotatable bonds is 1. The number of halogens is 3. The summed E-state index contributed by atoms with van der Waals surface area (Å²) < 4.78 is 41.8. The first-order valence-corrected chi connectivity index (χ1v) is 4.90. The zero-order valence-corrected chi connectivity index (χ0v) is 9.71. The first-order chi connectivity index (χ1) is 8.32. The second-order valence-electron chi connectivity index (χ2n) is 3.41. The molecule has 1 rings (SSSR count). The third-order valence-corrected chi connectivity index (χ3v) is 1.95. The Hall–Kier alpha value is -2.05. The molecular formula is C11H11F3N2O2. The molecule has 0 aliphatic carbocycles. The van der Waals surface area contributed by atoms with Gasteiger partial charge in [0.2, 0.25) is 5.84 Å². The zero-order chi connectivity index (χ0) is 13.8. The second-order valence-corrected chi connectivity index (χ2v) is 3.41. The first kappa shape index (κ1) is 14.0. The second kappa shape index (κ2) is 5.52. The van der Waals surface area contributed by atoms with Crippen molar-refractivity contribution in [2.45, 2.75) is 13.1 Å². The van der Waals surface area contributed by atoms with Crippen LogP contribution in [0.5, 0.6) is 0 Å². The molecule has 0 aliphatic heterocycles. The SMILES string of the molecule is COC(=O)NC(=Nc1ccc(C)cc1)C(F)(F)F. The van der Waals surface area contributed by atoms with Crippen LogP contribution in [-0.2, 0) is 4.74 Å². The number of nitrogens with one attached hydrogen (secondary N) is 1. The maximum atomic E-state index is 12.6. The van der Waals surface area contributed by atoms with E-state index in [1.165, 1.54) is 17.4 Å². The number of amidine groups is 1. The summed E-state index contributed by atoms with van der Waals surface area (Å²) >= 11 is 0. The lowest BCUT2D eigenvalue weighted by molar-refractivity contribution is -0.0615. The van der Waals surface area contributed by atoms with Gasteiger partial charge < -0.3 is 4.74 Å². The molecule has 0 atom stereocenters. The average Bonchev–Trinajstić information content (AvgIpc) is 2.29. The Morgan fingerprint density at radius 3 is 2.28 bits per heavy atom. The molecule has 1 aromatic carbocycles. The molecule has 1 amide bonds. The highest BCUT2D eigenvalue weighted by atomic mass is 19.4. The number of ether oxygens (including phenoxy) is 1. The number of methoxy groups -OCH3 is 1. The van der Waals surface area contributed by atoms with Crippen molar-refractivity contribution in [1.29, 1.82) is 0 Å². The average molecular weight is 260 g/mol. The lowest BCUT2D eigenvalue weighted by atomic mass is 10.2. The van der Waals surface area contributed by atoms with E-state index >= 15 is 0 Å². The monoisotopic (exact) mass is 260 g/mol. The molecule has 4 nitrogen and oxygen atoms in total. The first-order valence-electron chi connectivity index (χ1n) is 4.90. The smallest absolute Gasteiger partial charge is 0.449 e. The molecule has 1 N–H and O–H groups in total. The highest BCUT2D eigenvalue weighted by molar-refractivity contribution is 5.99. The molecule has 98 valence electrons. The number of nitrogens with zero attached hydrogens (tertiary/aromatic N) is 1. The number of aryl methyl sites for hydroxylation is 1. The standard InChI is InChI=1S/C11H11F3N2O2/c1-7-3-5-8(6-4-7)15-9(11(12,13)14)16-10(17)18-2/h3-6H,1-2H3,(H,15,16,17). The van der Waals surface area contributed by atoms with E-state index < -0.39 is 18.1 Å². The van der Waals surface area contributed by atoms with Crippen LogP contribution in [0.2, 0.25) is 0 Å². The summed E-state index contributed by atoms with van der Waals surface area (Å²) in [6, 6.07) is 6.07. The lowest BCUT2D eigenvalue weighted by Gasteiger charge is -2.11. The van der Waals surface area contributed by atoms with Gasteiger partial charge in [-0.1, -0.05) is 17.7 Å². The normalized spacial score (nSPS) is 12.2. The molecule has 0 bridgehead atoms. The number of carbonyl (C=O) groups excluding carboxylic acids is 1. The van der Waals surface area contributed by atoms with Crippen molar-refractivity contribution in [2.75, 3.05) is 7.11 Å². The van der Waals surface area contributed by atoms with Crippen molar-refractivity contribution in [3.05, 3.63) is 29.8 Å². The minimum Gasteiger partial charge on any atom is -0.453 e. The van der Waals surface area contributed by atoms with Crippen molar-refractivity contribution in [3.63, 3.8) is 0 Å². The van der Waals surface area contributed by atoms with Gasteiger partial charge in [0.15, 0.2) is 0 Å². The van der Waals surface area contributed by atoms with Crippen LogP contribution in [0.25, 0.3) is 0 Å². The van der Waals surface area contributed by atoms with Gasteiger partial charge in [-0.2, -0.15) is 13.2 Å². The Bertz CT molecular complexity index is 452. The summed E-state index contributed by atoms with van der Waals surface area (Å²) in [5.74, 6) is -1.42. The van der Waals surface area contributed by atoms with Gasteiger partial charge in [-0.25, -0.2) is 9.79 Å². The van der Waals surface area contributed by atoms with Crippen molar-refractivity contribution >= 4 is 17.6 Å². The molecular weight excluding hydrogens is 249 g/mol. The van der Waals surface area contributed by atoms with E-state index in [2.05, 4.69) is 9.73 Å². The third-order valence-electron chi connectivity index (χ3n) is 1.95. The van der Waals surface area contributed by atoms with E-state index in [1.807, 2.05) is 0 Å². The molecule has 0 spiro atoms. The highest BCUT2D eigenvalue weighted by Gasteiger charge is 2.37. The molecule has 0 aromatic heterocycles. The molecule has 18 heavy (non-hydrogen) atoms. The molecule has 0 heterocycles. The fourth-order valence-corrected chi connectivity index (χ4v) is 1.06. The van der Waals surface area contributed by atoms with Gasteiger partial charge >= 0.3 is 12.3 Å². The molecule has 0 unspecified atom stereocenters. The van der Waals surface area contributed by atoms with Crippen molar-refractivity contribution in [1.82, 2.24) is 5.32 Å². The summed E-state index contributed by atoms with van der Waals surface area (Å²) in [4.78, 5) is 14.1. The number of alkyl carbamates (subject to hydrolysis) is 1. The van der Waals surface area contributed by atoms with Gasteiger partial charge in [-0.3, -0.25) is 5.32 Å². The summed E-state index contributed by atoms with van der Waals surface area (Å²) in [7, 11) is 0.967. The van der Waals surface area contributed by atoms with Crippen LogP contribution in [0.15, 0.2) is 29.3 Å². The fraction of sp³-hybridized carbons (Fsp3) is 0.273. The van der Waals surface area contributed by atoms with Crippen molar-refractivity contribution in [3.8, 4) is 0 Å². The quantitative estimate of drug-likeness (QED) is 0.623. The number of amides is 1. The van der Waals surface area contributed by atoms with Crippen LogP contribution in [0.4, 0.5) is 23.7 Å². The third kappa shape index (κ3) is 4.08. The van der Waals surface area contributed by atoms with Gasteiger partial charge in [-0.15, -0.1) is 0 Å². The fourth-order valence-electron chi connectivity index (χ4n) is 1.06. The summed E-state index contributed by atoms with van der Waals surface area (Å²) in [6.45, 7) is 1.80. The predicted molar refractivity (Wildman–Crippen MR) is 59.9 cm³/mol. The molecule has 0 fully saturated rings. The number of aliphatic imine (C=N–C) groups is 1. The van der Waals surface area contributed by atoms with Crippen LogP contribution >= 0.6 is 0 Å². The molecule has 0 saturated carbocycles. The Morgan fingerprint density at radius 2 is 1.83 bits per heavy atom. The number of hydrogen-bond acceptors (Lipinski definition) is 3. The maximum absolute atomic E-state index is 12.6. The maximum Gasteiger partial charge on any atom is 0.449 e.